The van der Waals surface area contributed by atoms with Crippen LogP contribution >= 0.6 is 11.6 Å². The summed E-state index contributed by atoms with van der Waals surface area (Å²) in [6.07, 6.45) is 3.30. The third kappa shape index (κ3) is 2.59. The summed E-state index contributed by atoms with van der Waals surface area (Å²) in [6.45, 7) is 3.42. The first-order valence-corrected chi connectivity index (χ1v) is 8.85. The second kappa shape index (κ2) is 5.84. The van der Waals surface area contributed by atoms with Gasteiger partial charge < -0.3 is 15.5 Å². The molecule has 0 spiro atoms. The Morgan fingerprint density at radius 1 is 1.29 bits per heavy atom. The van der Waals surface area contributed by atoms with Gasteiger partial charge in [0.1, 0.15) is 0 Å². The van der Waals surface area contributed by atoms with E-state index in [1.807, 2.05) is 4.90 Å². The Morgan fingerprint density at radius 3 is 2.71 bits per heavy atom. The topological polar surface area (TPSA) is 64.7 Å². The van der Waals surface area contributed by atoms with E-state index in [1.165, 1.54) is 0 Å². The van der Waals surface area contributed by atoms with Crippen molar-refractivity contribution in [3.05, 3.63) is 23.2 Å². The predicted octanol–water partition coefficient (Wildman–Crippen LogP) is 3.27. The molecule has 2 N–H and O–H groups in total. The molecule has 6 nitrogen and oxygen atoms in total. The number of benzene rings is 1. The molecule has 0 aromatic heterocycles. The van der Waals surface area contributed by atoms with Crippen LogP contribution in [0.5, 0.6) is 0 Å². The molecule has 0 radical (unpaired) electrons. The van der Waals surface area contributed by atoms with E-state index in [4.69, 9.17) is 11.6 Å². The highest BCUT2D eigenvalue weighted by atomic mass is 35.5. The summed E-state index contributed by atoms with van der Waals surface area (Å²) in [4.78, 5) is 28.0. The molecule has 1 saturated carbocycles. The highest BCUT2D eigenvalue weighted by Gasteiger charge is 2.46. The van der Waals surface area contributed by atoms with Gasteiger partial charge in [-0.3, -0.25) is 4.90 Å². The zero-order chi connectivity index (χ0) is 16.8. The van der Waals surface area contributed by atoms with Gasteiger partial charge in [0, 0.05) is 30.9 Å². The van der Waals surface area contributed by atoms with E-state index >= 15 is 0 Å². The van der Waals surface area contributed by atoms with Crippen LogP contribution in [-0.2, 0) is 0 Å². The van der Waals surface area contributed by atoms with Crippen molar-refractivity contribution in [1.82, 2.24) is 10.2 Å². The fourth-order valence-electron chi connectivity index (χ4n) is 4.16. The van der Waals surface area contributed by atoms with Crippen LogP contribution in [0.4, 0.5) is 21.0 Å². The maximum Gasteiger partial charge on any atom is 0.322 e. The van der Waals surface area contributed by atoms with Crippen molar-refractivity contribution in [2.45, 2.75) is 38.3 Å². The van der Waals surface area contributed by atoms with Crippen LogP contribution in [0.15, 0.2) is 18.2 Å². The summed E-state index contributed by atoms with van der Waals surface area (Å²) in [5, 5.41) is 6.22. The lowest BCUT2D eigenvalue weighted by Gasteiger charge is -2.54. The van der Waals surface area contributed by atoms with Crippen molar-refractivity contribution in [3.63, 3.8) is 0 Å². The molecule has 3 heterocycles. The number of hydrogen-bond donors (Lipinski definition) is 2. The van der Waals surface area contributed by atoms with Crippen molar-refractivity contribution < 1.29 is 9.59 Å². The Labute approximate surface area is 146 Å². The summed E-state index contributed by atoms with van der Waals surface area (Å²) >= 11 is 6.23. The first kappa shape index (κ1) is 15.6. The average Bonchev–Trinajstić information content (AvgIpc) is 2.94. The summed E-state index contributed by atoms with van der Waals surface area (Å²) in [6, 6.07) is 5.79. The number of nitrogens with one attached hydrogen (secondary N) is 2. The van der Waals surface area contributed by atoms with E-state index in [0.717, 1.165) is 19.3 Å². The fourth-order valence-corrected chi connectivity index (χ4v) is 4.38. The van der Waals surface area contributed by atoms with Crippen molar-refractivity contribution in [3.8, 4) is 0 Å². The first-order valence-electron chi connectivity index (χ1n) is 8.47. The zero-order valence-electron chi connectivity index (χ0n) is 13.6. The van der Waals surface area contributed by atoms with Crippen LogP contribution < -0.4 is 15.5 Å². The summed E-state index contributed by atoms with van der Waals surface area (Å²) in [5.74, 6) is 0.702. The number of piperidine rings is 1. The number of urea groups is 2. The smallest absolute Gasteiger partial charge is 0.322 e. The molecular weight excluding hydrogens is 328 g/mol. The number of hydrogen-bond acceptors (Lipinski definition) is 2. The lowest BCUT2D eigenvalue weighted by Crippen LogP contribution is -2.63. The summed E-state index contributed by atoms with van der Waals surface area (Å²) < 4.78 is 0. The van der Waals surface area contributed by atoms with Gasteiger partial charge in [0.05, 0.1) is 10.7 Å². The number of halogens is 1. The van der Waals surface area contributed by atoms with Crippen LogP contribution in [0, 0.1) is 5.92 Å². The number of rotatable bonds is 2. The Hall–Kier alpha value is -1.95. The zero-order valence-corrected chi connectivity index (χ0v) is 14.3. The molecule has 1 aliphatic carbocycles. The minimum atomic E-state index is -0.161. The Bertz CT molecular complexity index is 683. The van der Waals surface area contributed by atoms with Gasteiger partial charge in [-0.2, -0.15) is 0 Å². The number of nitrogens with zero attached hydrogens (tertiary/aromatic N) is 2. The van der Waals surface area contributed by atoms with Crippen LogP contribution in [-0.4, -0.2) is 42.1 Å². The minimum Gasteiger partial charge on any atom is -0.336 e. The molecule has 128 valence electrons. The maximum atomic E-state index is 12.6. The first-order chi connectivity index (χ1) is 11.5. The monoisotopic (exact) mass is 348 g/mol. The van der Waals surface area contributed by atoms with Gasteiger partial charge in [-0.15, -0.1) is 0 Å². The molecular formula is C17H21ClN4O2. The van der Waals surface area contributed by atoms with Crippen LogP contribution in [0.3, 0.4) is 0 Å². The average molecular weight is 349 g/mol. The third-order valence-corrected chi connectivity index (χ3v) is 5.58. The van der Waals surface area contributed by atoms with Crippen LogP contribution in [0.1, 0.15) is 26.2 Å². The van der Waals surface area contributed by atoms with E-state index in [-0.39, 0.29) is 12.1 Å². The number of fused-ring (bicyclic) bond motifs is 2. The number of carbonyl (C=O) groups excluding carboxylic acids is 2. The van der Waals surface area contributed by atoms with E-state index in [0.29, 0.717) is 47.5 Å². The highest BCUT2D eigenvalue weighted by molar-refractivity contribution is 6.34. The van der Waals surface area contributed by atoms with Gasteiger partial charge in [0.15, 0.2) is 0 Å². The standard InChI is InChI=1S/C17H21ClN4O2/c1-10-6-12-9-13(7-10)22(12)17(24)20-11-2-3-14(18)15(8-11)21-5-4-19-16(21)23/h2-3,8,10,12-13H,4-7,9H2,1H3,(H,19,23)(H,20,24)/t10?,12-,13+. The lowest BCUT2D eigenvalue weighted by atomic mass is 9.74. The molecule has 1 aromatic carbocycles. The van der Waals surface area contributed by atoms with Crippen molar-refractivity contribution in [2.24, 2.45) is 5.92 Å². The van der Waals surface area contributed by atoms with E-state index in [9.17, 15) is 9.59 Å². The molecule has 5 rings (SSSR count). The third-order valence-electron chi connectivity index (χ3n) is 5.26. The fraction of sp³-hybridized carbons (Fsp3) is 0.529. The Balaban J connectivity index is 1.49. The molecule has 3 atom stereocenters. The van der Waals surface area contributed by atoms with Crippen LogP contribution in [0.2, 0.25) is 5.02 Å². The summed E-state index contributed by atoms with van der Waals surface area (Å²) in [7, 11) is 0. The second-order valence-electron chi connectivity index (χ2n) is 7.01. The molecule has 1 unspecified atom stereocenters. The highest BCUT2D eigenvalue weighted by Crippen LogP contribution is 2.41. The van der Waals surface area contributed by atoms with Crippen molar-refractivity contribution in [2.75, 3.05) is 23.3 Å². The molecule has 3 aliphatic heterocycles. The van der Waals surface area contributed by atoms with Crippen molar-refractivity contribution >= 4 is 35.0 Å². The van der Waals surface area contributed by atoms with Gasteiger partial charge in [-0.1, -0.05) is 18.5 Å². The van der Waals surface area contributed by atoms with E-state index in [1.54, 1.807) is 23.1 Å². The summed E-state index contributed by atoms with van der Waals surface area (Å²) in [5.41, 5.74) is 1.29. The molecule has 4 fully saturated rings. The van der Waals surface area contributed by atoms with Gasteiger partial charge in [-0.05, 0) is 43.4 Å². The molecule has 4 amide bonds. The lowest BCUT2D eigenvalue weighted by molar-refractivity contribution is -0.00600. The van der Waals surface area contributed by atoms with Gasteiger partial charge in [0.25, 0.3) is 0 Å². The number of anilines is 2. The van der Waals surface area contributed by atoms with Gasteiger partial charge in [0.2, 0.25) is 0 Å². The van der Waals surface area contributed by atoms with E-state index < -0.39 is 0 Å². The second-order valence-corrected chi connectivity index (χ2v) is 7.41. The van der Waals surface area contributed by atoms with E-state index in [2.05, 4.69) is 17.6 Å². The largest absolute Gasteiger partial charge is 0.336 e. The minimum absolute atomic E-state index is 0.0534. The molecule has 7 heteroatoms. The Kier molecular flexibility index (Phi) is 3.79. The SMILES string of the molecule is CC1C[C@@H]2C[C@H](C1)N2C(=O)Nc1ccc(Cl)c(N2CCNC2=O)c1. The molecule has 2 bridgehead atoms. The molecule has 24 heavy (non-hydrogen) atoms. The number of carbonyl (C=O) groups is 2. The number of amides is 4. The van der Waals surface area contributed by atoms with Gasteiger partial charge in [-0.25, -0.2) is 9.59 Å². The molecule has 3 saturated heterocycles. The molecule has 1 aromatic rings. The molecule has 4 aliphatic rings. The Morgan fingerprint density at radius 2 is 2.04 bits per heavy atom. The maximum absolute atomic E-state index is 12.6. The van der Waals surface area contributed by atoms with Crippen LogP contribution in [0.25, 0.3) is 0 Å². The quantitative estimate of drug-likeness (QED) is 0.861. The van der Waals surface area contributed by atoms with Gasteiger partial charge >= 0.3 is 12.1 Å². The normalized spacial score (nSPS) is 28.4. The predicted molar refractivity (Wildman–Crippen MR) is 93.6 cm³/mol. The van der Waals surface area contributed by atoms with Crippen molar-refractivity contribution in [1.29, 1.82) is 0 Å².